The Bertz CT molecular complexity index is 2380. The minimum Gasteiger partial charge on any atom is -0.294 e. The zero-order chi connectivity index (χ0) is 37.9. The van der Waals surface area contributed by atoms with Gasteiger partial charge in [-0.3, -0.25) is 23.5 Å². The van der Waals surface area contributed by atoms with Gasteiger partial charge in [-0.05, 0) is 53.3 Å². The van der Waals surface area contributed by atoms with Gasteiger partial charge in [-0.2, -0.15) is 0 Å². The first-order valence-electron chi connectivity index (χ1n) is 17.6. The Balaban J connectivity index is 1.60. The van der Waals surface area contributed by atoms with Crippen molar-refractivity contribution in [2.24, 2.45) is 0 Å². The number of sulfonamides is 1. The normalized spacial score (nSPS) is 19.5. The van der Waals surface area contributed by atoms with Crippen LogP contribution in [0.4, 0.5) is 11.4 Å². The Hall–Kier alpha value is -5.67. The maximum atomic E-state index is 15.6. The standard InChI is InChI=1S/C44H40N2O6S/c1-28-19-25-33(26-20-28)53(51,52)46-37-17-11-9-15-34(37)36(27-39(48)30-13-7-6-8-14-30)44(35-16-10-12-18-38(35)45(29(2)47)42(44)50)41(46)40(49)31-21-23-32(24-22-31)43(3,4)5/h6-26,36,41H,27H2,1-5H3/t36-,41-,44+/m0/s1. The van der Waals surface area contributed by atoms with Crippen LogP contribution in [0.3, 0.4) is 0 Å². The van der Waals surface area contributed by atoms with E-state index in [2.05, 4.69) is 0 Å². The lowest BCUT2D eigenvalue weighted by atomic mass is 9.58. The molecule has 2 heterocycles. The van der Waals surface area contributed by atoms with E-state index in [-0.39, 0.29) is 39.5 Å². The average Bonchev–Trinajstić information content (AvgIpc) is 3.40. The highest BCUT2D eigenvalue weighted by Gasteiger charge is 2.68. The molecule has 268 valence electrons. The molecule has 5 aromatic carbocycles. The molecular formula is C44H40N2O6S. The number of benzene rings is 5. The molecule has 9 heteroatoms. The molecule has 0 radical (unpaired) electrons. The lowest BCUT2D eigenvalue weighted by molar-refractivity contribution is -0.129. The Kier molecular flexibility index (Phi) is 8.81. The van der Waals surface area contributed by atoms with Crippen LogP contribution in [-0.4, -0.2) is 37.8 Å². The molecule has 3 atom stereocenters. The first kappa shape index (κ1) is 35.7. The molecule has 2 aliphatic heterocycles. The molecule has 2 aliphatic rings. The summed E-state index contributed by atoms with van der Waals surface area (Å²) < 4.78 is 31.5. The Morgan fingerprint density at radius 1 is 0.717 bits per heavy atom. The van der Waals surface area contributed by atoms with Crippen LogP contribution in [0.2, 0.25) is 0 Å². The number of para-hydroxylation sites is 2. The minimum atomic E-state index is -4.59. The molecule has 0 unspecified atom stereocenters. The second kappa shape index (κ2) is 13.1. The highest BCUT2D eigenvalue weighted by Crippen LogP contribution is 2.60. The van der Waals surface area contributed by atoms with E-state index >= 15 is 18.0 Å². The third-order valence-electron chi connectivity index (χ3n) is 10.6. The monoisotopic (exact) mass is 724 g/mol. The van der Waals surface area contributed by atoms with Gasteiger partial charge in [0.05, 0.1) is 16.3 Å². The molecule has 2 amide bonds. The van der Waals surface area contributed by atoms with E-state index in [1.807, 2.05) is 39.8 Å². The molecule has 0 fully saturated rings. The number of ketones is 2. The zero-order valence-corrected chi connectivity index (χ0v) is 31.1. The van der Waals surface area contributed by atoms with E-state index < -0.39 is 45.0 Å². The zero-order valence-electron chi connectivity index (χ0n) is 30.2. The third-order valence-corrected chi connectivity index (χ3v) is 12.4. The summed E-state index contributed by atoms with van der Waals surface area (Å²) in [5.74, 6) is -3.36. The lowest BCUT2D eigenvalue weighted by Crippen LogP contribution is -2.66. The topological polar surface area (TPSA) is 109 Å². The number of amides is 2. The second-order valence-electron chi connectivity index (χ2n) is 14.9. The SMILES string of the molecule is CC(=O)N1C(=O)[C@@]2(c3ccccc31)[C@H](C(=O)c1ccc(C(C)(C)C)cc1)N(S(=O)(=O)c1ccc(C)cc1)c1ccccc1[C@@H]2CC(=O)c1ccccc1. The van der Waals surface area contributed by atoms with Crippen molar-refractivity contribution in [2.45, 2.75) is 68.7 Å². The molecule has 5 aromatic rings. The molecule has 7 rings (SSSR count). The Morgan fingerprint density at radius 3 is 1.92 bits per heavy atom. The smallest absolute Gasteiger partial charge is 0.265 e. The van der Waals surface area contributed by atoms with E-state index in [0.29, 0.717) is 16.7 Å². The highest BCUT2D eigenvalue weighted by atomic mass is 32.2. The number of imide groups is 1. The van der Waals surface area contributed by atoms with Crippen LogP contribution in [-0.2, 0) is 30.4 Å². The van der Waals surface area contributed by atoms with Crippen molar-refractivity contribution in [3.05, 3.63) is 161 Å². The van der Waals surface area contributed by atoms with Crippen molar-refractivity contribution in [2.75, 3.05) is 9.21 Å². The predicted octanol–water partition coefficient (Wildman–Crippen LogP) is 7.94. The van der Waals surface area contributed by atoms with Crippen molar-refractivity contribution in [3.63, 3.8) is 0 Å². The molecule has 0 bridgehead atoms. The fraction of sp³-hybridized carbons (Fsp3) is 0.227. The van der Waals surface area contributed by atoms with Gasteiger partial charge in [0.2, 0.25) is 11.8 Å². The molecule has 53 heavy (non-hydrogen) atoms. The number of Topliss-reactive ketones (excluding diaryl/α,β-unsaturated/α-hetero) is 2. The average molecular weight is 725 g/mol. The van der Waals surface area contributed by atoms with E-state index in [4.69, 9.17) is 0 Å². The van der Waals surface area contributed by atoms with Crippen LogP contribution >= 0.6 is 0 Å². The number of hydrogen-bond donors (Lipinski definition) is 0. The lowest BCUT2D eigenvalue weighted by Gasteiger charge is -2.51. The maximum Gasteiger partial charge on any atom is 0.265 e. The molecular weight excluding hydrogens is 685 g/mol. The molecule has 8 nitrogen and oxygen atoms in total. The van der Waals surface area contributed by atoms with Gasteiger partial charge in [-0.15, -0.1) is 0 Å². The number of nitrogens with zero attached hydrogens (tertiary/aromatic N) is 2. The summed E-state index contributed by atoms with van der Waals surface area (Å²) in [4.78, 5) is 59.8. The van der Waals surface area contributed by atoms with Crippen LogP contribution in [0.15, 0.2) is 132 Å². The molecule has 0 aliphatic carbocycles. The number of hydrogen-bond acceptors (Lipinski definition) is 6. The van der Waals surface area contributed by atoms with Gasteiger partial charge in [0.25, 0.3) is 10.0 Å². The maximum absolute atomic E-state index is 15.6. The van der Waals surface area contributed by atoms with Crippen molar-refractivity contribution in [1.29, 1.82) is 0 Å². The first-order chi connectivity index (χ1) is 25.2. The van der Waals surface area contributed by atoms with Gasteiger partial charge in [-0.25, -0.2) is 13.3 Å². The molecule has 0 aromatic heterocycles. The van der Waals surface area contributed by atoms with Crippen LogP contribution in [0, 0.1) is 6.92 Å². The molecule has 1 spiro atoms. The summed E-state index contributed by atoms with van der Waals surface area (Å²) in [7, 11) is -4.59. The van der Waals surface area contributed by atoms with Gasteiger partial charge in [-0.1, -0.05) is 129 Å². The summed E-state index contributed by atoms with van der Waals surface area (Å²) in [6.45, 7) is 9.24. The van der Waals surface area contributed by atoms with Crippen LogP contribution in [0.25, 0.3) is 0 Å². The predicted molar refractivity (Wildman–Crippen MR) is 205 cm³/mol. The number of aryl methyl sites for hydroxylation is 1. The summed E-state index contributed by atoms with van der Waals surface area (Å²) >= 11 is 0. The van der Waals surface area contributed by atoms with Crippen molar-refractivity contribution in [3.8, 4) is 0 Å². The van der Waals surface area contributed by atoms with Gasteiger partial charge in [0, 0.05) is 30.4 Å². The number of rotatable bonds is 7. The quantitative estimate of drug-likeness (QED) is 0.158. The van der Waals surface area contributed by atoms with Crippen LogP contribution in [0.5, 0.6) is 0 Å². The highest BCUT2D eigenvalue weighted by molar-refractivity contribution is 7.93. The number of fused-ring (bicyclic) bond motifs is 3. The minimum absolute atomic E-state index is 0.0742. The van der Waals surface area contributed by atoms with Crippen molar-refractivity contribution in [1.82, 2.24) is 0 Å². The van der Waals surface area contributed by atoms with Crippen molar-refractivity contribution >= 4 is 44.8 Å². The van der Waals surface area contributed by atoms with Crippen LogP contribution < -0.4 is 9.21 Å². The summed E-state index contributed by atoms with van der Waals surface area (Å²) in [6, 6.07) is 33.6. The summed E-state index contributed by atoms with van der Waals surface area (Å²) in [6.07, 6.45) is -0.252. The Labute approximate surface area is 310 Å². The number of anilines is 2. The fourth-order valence-corrected chi connectivity index (χ4v) is 9.65. The number of carbonyl (C=O) groups excluding carboxylic acids is 4. The van der Waals surface area contributed by atoms with E-state index in [1.54, 1.807) is 103 Å². The molecule has 0 N–H and O–H groups in total. The van der Waals surface area contributed by atoms with E-state index in [9.17, 15) is 9.59 Å². The van der Waals surface area contributed by atoms with Gasteiger partial charge >= 0.3 is 0 Å². The van der Waals surface area contributed by atoms with E-state index in [0.717, 1.165) is 20.3 Å². The van der Waals surface area contributed by atoms with Crippen molar-refractivity contribution < 1.29 is 27.6 Å². The largest absolute Gasteiger partial charge is 0.294 e. The molecule has 0 saturated carbocycles. The summed E-state index contributed by atoms with van der Waals surface area (Å²) in [5, 5.41) is 0. The fourth-order valence-electron chi connectivity index (χ4n) is 7.98. The van der Waals surface area contributed by atoms with Gasteiger partial charge in [0.15, 0.2) is 11.6 Å². The van der Waals surface area contributed by atoms with Gasteiger partial charge in [0.1, 0.15) is 11.5 Å². The van der Waals surface area contributed by atoms with E-state index in [1.165, 1.54) is 19.1 Å². The second-order valence-corrected chi connectivity index (χ2v) is 16.7. The first-order valence-corrected chi connectivity index (χ1v) is 19.0. The van der Waals surface area contributed by atoms with Gasteiger partial charge < -0.3 is 0 Å². The Morgan fingerprint density at radius 2 is 1.30 bits per heavy atom. The summed E-state index contributed by atoms with van der Waals surface area (Å²) in [5.41, 5.74) is 1.22. The number of carbonyl (C=O) groups is 4. The van der Waals surface area contributed by atoms with Crippen LogP contribution in [0.1, 0.15) is 83.0 Å². The molecule has 0 saturated heterocycles. The third kappa shape index (κ3) is 5.70.